The second-order valence-electron chi connectivity index (χ2n) is 4.91. The molecule has 0 saturated heterocycles. The molecule has 28 heavy (non-hydrogen) atoms. The third-order valence-electron chi connectivity index (χ3n) is 2.98. The van der Waals surface area contributed by atoms with E-state index in [4.69, 9.17) is 4.55 Å². The van der Waals surface area contributed by atoms with Gasteiger partial charge in [0.1, 0.15) is 11.6 Å². The summed E-state index contributed by atoms with van der Waals surface area (Å²) in [6.07, 6.45) is 0. The highest BCUT2D eigenvalue weighted by Gasteiger charge is 2.89. The third kappa shape index (κ3) is 3.62. The lowest BCUT2D eigenvalue weighted by atomic mass is 10.0. The van der Waals surface area contributed by atoms with Crippen molar-refractivity contribution in [2.75, 3.05) is 0 Å². The SMILES string of the molecule is O=S(=O)(O)C(F)(F)C(F)(F)C(F)(F)C(F)(F)C(F)(F)Sc1ccc(F)cc1F. The minimum absolute atomic E-state index is 0.0302. The summed E-state index contributed by atoms with van der Waals surface area (Å²) >= 11 is -1.85. The van der Waals surface area contributed by atoms with Crippen molar-refractivity contribution in [3.63, 3.8) is 0 Å². The molecule has 17 heteroatoms. The molecule has 1 aromatic carbocycles. The van der Waals surface area contributed by atoms with Crippen molar-refractivity contribution >= 4 is 21.9 Å². The van der Waals surface area contributed by atoms with Gasteiger partial charge < -0.3 is 0 Å². The Balaban J connectivity index is 3.48. The number of hydrogen-bond acceptors (Lipinski definition) is 3. The summed E-state index contributed by atoms with van der Waals surface area (Å²) in [6.45, 7) is 0. The van der Waals surface area contributed by atoms with E-state index >= 15 is 0 Å². The third-order valence-corrected chi connectivity index (χ3v) is 4.94. The summed E-state index contributed by atoms with van der Waals surface area (Å²) in [7, 11) is -7.47. The van der Waals surface area contributed by atoms with Gasteiger partial charge in [0.05, 0.1) is 0 Å². The highest BCUT2D eigenvalue weighted by molar-refractivity contribution is 8.00. The van der Waals surface area contributed by atoms with Crippen LogP contribution in [0.2, 0.25) is 0 Å². The van der Waals surface area contributed by atoms with Crippen molar-refractivity contribution in [2.45, 2.75) is 33.2 Å². The molecule has 0 unspecified atom stereocenters. The van der Waals surface area contributed by atoms with E-state index in [1.165, 1.54) is 0 Å². The van der Waals surface area contributed by atoms with Gasteiger partial charge in [-0.15, -0.1) is 0 Å². The average molecular weight is 476 g/mol. The van der Waals surface area contributed by atoms with Crippen molar-refractivity contribution in [1.82, 2.24) is 0 Å². The van der Waals surface area contributed by atoms with Crippen LogP contribution < -0.4 is 0 Å². The first-order chi connectivity index (χ1) is 12.1. The Labute approximate surface area is 151 Å². The van der Waals surface area contributed by atoms with Gasteiger partial charge in [-0.1, -0.05) is 0 Å². The first-order valence-electron chi connectivity index (χ1n) is 6.13. The number of thioether (sulfide) groups is 1. The standard InChI is InChI=1S/C11H4F12O3S2/c12-4-1-2-6(5(13)3-4)27-10(20,21)8(16,17)7(14,15)9(18,19)11(22,23)28(24,25)26/h1-3H,(H,24,25,26). The monoisotopic (exact) mass is 476 g/mol. The van der Waals surface area contributed by atoms with E-state index < -0.39 is 66.7 Å². The van der Waals surface area contributed by atoms with Crippen LogP contribution in [0.4, 0.5) is 52.7 Å². The largest absolute Gasteiger partial charge is 0.438 e. The van der Waals surface area contributed by atoms with Gasteiger partial charge in [-0.05, 0) is 23.9 Å². The van der Waals surface area contributed by atoms with E-state index in [2.05, 4.69) is 0 Å². The number of hydrogen-bond donors (Lipinski definition) is 1. The second kappa shape index (κ2) is 6.86. The zero-order chi connectivity index (χ0) is 22.6. The zero-order valence-corrected chi connectivity index (χ0v) is 14.0. The Morgan fingerprint density at radius 1 is 0.786 bits per heavy atom. The van der Waals surface area contributed by atoms with E-state index in [9.17, 15) is 61.1 Å². The first kappa shape index (κ1) is 24.7. The molecule has 0 radical (unpaired) electrons. The molecule has 1 N–H and O–H groups in total. The first-order valence-corrected chi connectivity index (χ1v) is 8.39. The van der Waals surface area contributed by atoms with Crippen molar-refractivity contribution < 1.29 is 65.7 Å². The molecule has 0 aliphatic rings. The van der Waals surface area contributed by atoms with Crippen LogP contribution in [-0.4, -0.2) is 41.2 Å². The van der Waals surface area contributed by atoms with Crippen LogP contribution in [-0.2, 0) is 10.1 Å². The summed E-state index contributed by atoms with van der Waals surface area (Å²) in [5.74, 6) is -26.4. The Morgan fingerprint density at radius 3 is 1.64 bits per heavy atom. The molecule has 1 rings (SSSR count). The maximum atomic E-state index is 13.6. The van der Waals surface area contributed by atoms with Gasteiger partial charge in [0, 0.05) is 11.0 Å². The van der Waals surface area contributed by atoms with Crippen LogP contribution in [0.5, 0.6) is 0 Å². The smallest absolute Gasteiger partial charge is 0.281 e. The van der Waals surface area contributed by atoms with Gasteiger partial charge in [-0.3, -0.25) is 4.55 Å². The Hall–Kier alpha value is -1.36. The Kier molecular flexibility index (Phi) is 6.05. The van der Waals surface area contributed by atoms with E-state index in [-0.39, 0.29) is 18.2 Å². The molecule has 0 bridgehead atoms. The predicted molar refractivity (Wildman–Crippen MR) is 68.5 cm³/mol. The predicted octanol–water partition coefficient (Wildman–Crippen LogP) is 5.04. The highest BCUT2D eigenvalue weighted by atomic mass is 32.2. The Bertz CT molecular complexity index is 852. The number of benzene rings is 1. The van der Waals surface area contributed by atoms with Crippen LogP contribution in [0.15, 0.2) is 23.1 Å². The number of alkyl halides is 10. The van der Waals surface area contributed by atoms with E-state index in [1.807, 2.05) is 0 Å². The van der Waals surface area contributed by atoms with Gasteiger partial charge in [-0.2, -0.15) is 52.3 Å². The minimum Gasteiger partial charge on any atom is -0.281 e. The van der Waals surface area contributed by atoms with Crippen LogP contribution in [0.1, 0.15) is 0 Å². The fraction of sp³-hybridized carbons (Fsp3) is 0.455. The molecule has 0 aliphatic heterocycles. The fourth-order valence-corrected chi connectivity index (χ4v) is 2.76. The summed E-state index contributed by atoms with van der Waals surface area (Å²) < 4.78 is 187. The molecule has 0 aromatic heterocycles. The van der Waals surface area contributed by atoms with Gasteiger partial charge in [0.15, 0.2) is 0 Å². The van der Waals surface area contributed by atoms with E-state index in [1.54, 1.807) is 0 Å². The maximum Gasteiger partial charge on any atom is 0.438 e. The summed E-state index contributed by atoms with van der Waals surface area (Å²) in [5, 5.41) is -13.8. The normalized spacial score (nSPS) is 15.0. The molecule has 0 fully saturated rings. The highest BCUT2D eigenvalue weighted by Crippen LogP contribution is 2.61. The second-order valence-corrected chi connectivity index (χ2v) is 7.53. The lowest BCUT2D eigenvalue weighted by Gasteiger charge is -2.38. The van der Waals surface area contributed by atoms with Crippen LogP contribution in [0.25, 0.3) is 0 Å². The minimum atomic E-state index is -7.79. The van der Waals surface area contributed by atoms with Gasteiger partial charge in [-0.25, -0.2) is 8.78 Å². The number of halogens is 12. The van der Waals surface area contributed by atoms with Crippen molar-refractivity contribution in [3.8, 4) is 0 Å². The molecule has 0 spiro atoms. The molecular weight excluding hydrogens is 472 g/mol. The van der Waals surface area contributed by atoms with Crippen molar-refractivity contribution in [2.24, 2.45) is 0 Å². The fourth-order valence-electron chi connectivity index (χ4n) is 1.48. The Morgan fingerprint density at radius 2 is 1.25 bits per heavy atom. The average Bonchev–Trinajstić information content (AvgIpc) is 2.48. The van der Waals surface area contributed by atoms with Crippen molar-refractivity contribution in [3.05, 3.63) is 29.8 Å². The molecule has 1 aromatic rings. The van der Waals surface area contributed by atoms with Gasteiger partial charge in [0.25, 0.3) is 0 Å². The molecule has 162 valence electrons. The summed E-state index contributed by atoms with van der Waals surface area (Å²) in [6, 6.07) is 0.0526. The summed E-state index contributed by atoms with van der Waals surface area (Å²) in [4.78, 5) is -1.66. The summed E-state index contributed by atoms with van der Waals surface area (Å²) in [5.41, 5.74) is 0. The lowest BCUT2D eigenvalue weighted by Crippen LogP contribution is -2.68. The van der Waals surface area contributed by atoms with E-state index in [0.29, 0.717) is 0 Å². The number of rotatable bonds is 7. The lowest BCUT2D eigenvalue weighted by molar-refractivity contribution is -0.374. The van der Waals surface area contributed by atoms with Crippen LogP contribution in [0.3, 0.4) is 0 Å². The molecule has 0 heterocycles. The topological polar surface area (TPSA) is 54.4 Å². The van der Waals surface area contributed by atoms with Crippen LogP contribution in [0, 0.1) is 11.6 Å². The maximum absolute atomic E-state index is 13.6. The molecule has 0 saturated carbocycles. The zero-order valence-electron chi connectivity index (χ0n) is 12.3. The quantitative estimate of drug-likeness (QED) is 0.341. The van der Waals surface area contributed by atoms with Crippen molar-refractivity contribution in [1.29, 1.82) is 0 Å². The van der Waals surface area contributed by atoms with Crippen LogP contribution >= 0.6 is 11.8 Å². The molecule has 0 amide bonds. The van der Waals surface area contributed by atoms with Gasteiger partial charge >= 0.3 is 38.4 Å². The molecule has 3 nitrogen and oxygen atoms in total. The molecule has 0 atom stereocenters. The molecule has 0 aliphatic carbocycles. The van der Waals surface area contributed by atoms with Gasteiger partial charge in [0.2, 0.25) is 0 Å². The molecular formula is C11H4F12O3S2. The van der Waals surface area contributed by atoms with E-state index in [0.717, 1.165) is 0 Å².